The molecule has 0 unspecified atom stereocenters. The Kier molecular flexibility index (Phi) is 8.13. The molecule has 0 aromatic carbocycles. The Hall–Kier alpha value is -0.0800. The average molecular weight is 283 g/mol. The smallest absolute Gasteiger partial charge is 0.00106 e. The van der Waals surface area contributed by atoms with Gasteiger partial charge in [0.15, 0.2) is 0 Å². The van der Waals surface area contributed by atoms with Crippen molar-refractivity contribution in [3.05, 3.63) is 0 Å². The molecular weight excluding hydrogens is 244 g/mol. The molecule has 1 N–H and O–H groups in total. The number of hydrogen-bond donors (Lipinski definition) is 1. The summed E-state index contributed by atoms with van der Waals surface area (Å²) in [5, 5.41) is 3.47. The van der Waals surface area contributed by atoms with E-state index >= 15 is 0 Å². The highest BCUT2D eigenvalue weighted by atomic mass is 15.1. The van der Waals surface area contributed by atoms with Crippen molar-refractivity contribution in [1.29, 1.82) is 0 Å². The zero-order chi connectivity index (χ0) is 15.0. The summed E-state index contributed by atoms with van der Waals surface area (Å²) in [6.07, 6.45) is 6.95. The lowest BCUT2D eigenvalue weighted by Crippen LogP contribution is -2.42. The molecule has 2 rings (SSSR count). The lowest BCUT2D eigenvalue weighted by atomic mass is 9.72. The number of nitrogens with one attached hydrogen (secondary N) is 1. The number of likely N-dealkylation sites (tertiary alicyclic amines) is 1. The predicted molar refractivity (Wildman–Crippen MR) is 90.2 cm³/mol. The molecule has 0 saturated carbocycles. The molecule has 2 fully saturated rings. The van der Waals surface area contributed by atoms with Crippen LogP contribution in [0.4, 0.5) is 0 Å². The van der Waals surface area contributed by atoms with Crippen LogP contribution in [0.15, 0.2) is 0 Å². The molecule has 2 heteroatoms. The number of rotatable bonds is 4. The van der Waals surface area contributed by atoms with E-state index in [1.54, 1.807) is 0 Å². The van der Waals surface area contributed by atoms with Crippen molar-refractivity contribution in [3.8, 4) is 0 Å². The SMILES string of the molecule is CC.CCC(C)(C)C1CCN(CC2CCNCC2)CC1. The van der Waals surface area contributed by atoms with E-state index < -0.39 is 0 Å². The first kappa shape index (κ1) is 18.0. The maximum Gasteiger partial charge on any atom is 0.00106 e. The number of piperidine rings is 2. The Morgan fingerprint density at radius 2 is 1.55 bits per heavy atom. The van der Waals surface area contributed by atoms with Gasteiger partial charge in [-0.2, -0.15) is 0 Å². The van der Waals surface area contributed by atoms with Crippen molar-refractivity contribution >= 4 is 0 Å². The van der Waals surface area contributed by atoms with Gasteiger partial charge in [0.1, 0.15) is 0 Å². The molecular formula is C18H38N2. The third kappa shape index (κ3) is 5.37. The molecule has 0 spiro atoms. The van der Waals surface area contributed by atoms with Crippen molar-refractivity contribution in [2.45, 2.75) is 66.7 Å². The van der Waals surface area contributed by atoms with Gasteiger partial charge in [-0.25, -0.2) is 0 Å². The first-order chi connectivity index (χ1) is 9.62. The molecule has 120 valence electrons. The Morgan fingerprint density at radius 3 is 2.05 bits per heavy atom. The topological polar surface area (TPSA) is 15.3 Å². The molecule has 0 amide bonds. The van der Waals surface area contributed by atoms with Crippen molar-refractivity contribution < 1.29 is 0 Å². The normalized spacial score (nSPS) is 23.2. The largest absolute Gasteiger partial charge is 0.317 e. The molecule has 0 radical (unpaired) electrons. The molecule has 0 aliphatic carbocycles. The predicted octanol–water partition coefficient (Wildman–Crippen LogP) is 4.16. The fraction of sp³-hybridized carbons (Fsp3) is 1.00. The molecule has 0 aromatic heterocycles. The van der Waals surface area contributed by atoms with Crippen LogP contribution >= 0.6 is 0 Å². The van der Waals surface area contributed by atoms with Crippen molar-refractivity contribution in [2.24, 2.45) is 17.3 Å². The minimum atomic E-state index is 0.556. The Bertz CT molecular complexity index is 236. The molecule has 0 atom stereocenters. The second-order valence-corrected chi connectivity index (χ2v) is 7.11. The van der Waals surface area contributed by atoms with Gasteiger partial charge in [0.05, 0.1) is 0 Å². The maximum absolute atomic E-state index is 3.47. The van der Waals surface area contributed by atoms with Gasteiger partial charge in [-0.15, -0.1) is 0 Å². The minimum absolute atomic E-state index is 0.556. The van der Waals surface area contributed by atoms with E-state index in [2.05, 4.69) is 31.0 Å². The van der Waals surface area contributed by atoms with E-state index in [1.807, 2.05) is 13.8 Å². The van der Waals surface area contributed by atoms with Gasteiger partial charge in [-0.3, -0.25) is 0 Å². The summed E-state index contributed by atoms with van der Waals surface area (Å²) < 4.78 is 0. The van der Waals surface area contributed by atoms with Crippen molar-refractivity contribution in [2.75, 3.05) is 32.7 Å². The van der Waals surface area contributed by atoms with Crippen molar-refractivity contribution in [3.63, 3.8) is 0 Å². The highest BCUT2D eigenvalue weighted by Gasteiger charge is 2.31. The first-order valence-electron chi connectivity index (χ1n) is 9.05. The van der Waals surface area contributed by atoms with Gasteiger partial charge >= 0.3 is 0 Å². The molecule has 2 aliphatic heterocycles. The van der Waals surface area contributed by atoms with Crippen LogP contribution in [0.3, 0.4) is 0 Å². The van der Waals surface area contributed by atoms with Gasteiger partial charge in [-0.1, -0.05) is 41.0 Å². The highest BCUT2D eigenvalue weighted by Crippen LogP contribution is 2.37. The van der Waals surface area contributed by atoms with Gasteiger partial charge in [0, 0.05) is 6.54 Å². The first-order valence-corrected chi connectivity index (χ1v) is 9.05. The lowest BCUT2D eigenvalue weighted by molar-refractivity contribution is 0.0842. The minimum Gasteiger partial charge on any atom is -0.317 e. The summed E-state index contributed by atoms with van der Waals surface area (Å²) in [5.41, 5.74) is 0.556. The van der Waals surface area contributed by atoms with E-state index in [-0.39, 0.29) is 0 Å². The van der Waals surface area contributed by atoms with Gasteiger partial charge < -0.3 is 10.2 Å². The van der Waals surface area contributed by atoms with Crippen LogP contribution in [-0.2, 0) is 0 Å². The van der Waals surface area contributed by atoms with Crippen LogP contribution in [0.5, 0.6) is 0 Å². The second kappa shape index (κ2) is 9.04. The van der Waals surface area contributed by atoms with Crippen LogP contribution in [0.2, 0.25) is 0 Å². The Morgan fingerprint density at radius 1 is 1.00 bits per heavy atom. The van der Waals surface area contributed by atoms with E-state index in [9.17, 15) is 0 Å². The van der Waals surface area contributed by atoms with E-state index in [0.29, 0.717) is 5.41 Å². The third-order valence-electron chi connectivity index (χ3n) is 5.58. The number of nitrogens with zero attached hydrogens (tertiary/aromatic N) is 1. The average Bonchev–Trinajstić information content (AvgIpc) is 2.51. The number of hydrogen-bond acceptors (Lipinski definition) is 2. The fourth-order valence-corrected chi connectivity index (χ4v) is 3.62. The molecule has 2 aliphatic rings. The van der Waals surface area contributed by atoms with Gasteiger partial charge in [0.2, 0.25) is 0 Å². The summed E-state index contributed by atoms with van der Waals surface area (Å²) in [6.45, 7) is 17.8. The zero-order valence-electron chi connectivity index (χ0n) is 14.7. The summed E-state index contributed by atoms with van der Waals surface area (Å²) in [4.78, 5) is 2.73. The molecule has 2 nitrogen and oxygen atoms in total. The fourth-order valence-electron chi connectivity index (χ4n) is 3.62. The lowest BCUT2D eigenvalue weighted by Gasteiger charge is -2.41. The van der Waals surface area contributed by atoms with Crippen LogP contribution in [0.25, 0.3) is 0 Å². The van der Waals surface area contributed by atoms with Crippen LogP contribution in [-0.4, -0.2) is 37.6 Å². The monoisotopic (exact) mass is 282 g/mol. The molecule has 0 aromatic rings. The highest BCUT2D eigenvalue weighted by molar-refractivity contribution is 4.84. The summed E-state index contributed by atoms with van der Waals surface area (Å²) in [7, 11) is 0. The van der Waals surface area contributed by atoms with E-state index in [4.69, 9.17) is 0 Å². The van der Waals surface area contributed by atoms with E-state index in [1.165, 1.54) is 64.8 Å². The Balaban J connectivity index is 0.000000956. The van der Waals surface area contributed by atoms with Crippen LogP contribution < -0.4 is 5.32 Å². The molecule has 20 heavy (non-hydrogen) atoms. The summed E-state index contributed by atoms with van der Waals surface area (Å²) in [5.74, 6) is 1.91. The molecule has 0 bridgehead atoms. The zero-order valence-corrected chi connectivity index (χ0v) is 14.7. The van der Waals surface area contributed by atoms with Crippen LogP contribution in [0.1, 0.15) is 66.7 Å². The quantitative estimate of drug-likeness (QED) is 0.833. The van der Waals surface area contributed by atoms with Gasteiger partial charge in [0.25, 0.3) is 0 Å². The summed E-state index contributed by atoms with van der Waals surface area (Å²) in [6, 6.07) is 0. The van der Waals surface area contributed by atoms with Crippen molar-refractivity contribution in [1.82, 2.24) is 10.2 Å². The third-order valence-corrected chi connectivity index (χ3v) is 5.58. The molecule has 2 heterocycles. The molecule has 2 saturated heterocycles. The maximum atomic E-state index is 3.47. The summed E-state index contributed by atoms with van der Waals surface area (Å²) >= 11 is 0. The Labute approximate surface area is 127 Å². The second-order valence-electron chi connectivity index (χ2n) is 7.11. The van der Waals surface area contributed by atoms with E-state index in [0.717, 1.165) is 11.8 Å². The standard InChI is InChI=1S/C16H32N2.C2H6/c1-4-16(2,3)15-7-11-18(12-8-15)13-14-5-9-17-10-6-14;1-2/h14-15,17H,4-13H2,1-3H3;1-2H3. The van der Waals surface area contributed by atoms with Gasteiger partial charge in [-0.05, 0) is 69.1 Å². The van der Waals surface area contributed by atoms with Crippen LogP contribution in [0, 0.1) is 17.3 Å².